The second kappa shape index (κ2) is 22.7. The molecule has 0 aromatic heterocycles. The monoisotopic (exact) mass is 1190 g/mol. The minimum absolute atomic E-state index is 0.0333. The van der Waals surface area contributed by atoms with E-state index in [1.807, 2.05) is 5.32 Å². The van der Waals surface area contributed by atoms with Gasteiger partial charge >= 0.3 is 36.2 Å². The Bertz CT molecular complexity index is 4130. The van der Waals surface area contributed by atoms with E-state index in [1.165, 1.54) is 18.2 Å². The van der Waals surface area contributed by atoms with Crippen LogP contribution in [0, 0.1) is 6.92 Å². The maximum atomic E-state index is 15.7. The molecule has 0 atom stereocenters. The van der Waals surface area contributed by atoms with Crippen LogP contribution < -0.4 is 21.3 Å². The zero-order chi connectivity index (χ0) is 61.3. The second-order valence-corrected chi connectivity index (χ2v) is 21.7. The topological polar surface area (TPSA) is 334 Å². The molecule has 83 heavy (non-hydrogen) atoms. The summed E-state index contributed by atoms with van der Waals surface area (Å²) < 4.78 is 149. The van der Waals surface area contributed by atoms with Crippen LogP contribution in [-0.2, 0) is 25.1 Å². The Morgan fingerprint density at radius 2 is 0.675 bits per heavy atom. The number of rotatable bonds is 17. The molecule has 0 heterocycles. The summed E-state index contributed by atoms with van der Waals surface area (Å²) in [7, 11) is -7.93. The van der Waals surface area contributed by atoms with E-state index in [0.717, 1.165) is 79.8 Å². The van der Waals surface area contributed by atoms with Gasteiger partial charge in [0.1, 0.15) is 0 Å². The fraction of sp³-hybridized carbons (Fsp3) is 0.0909. The number of benzene rings is 7. The Balaban J connectivity index is 1.24. The van der Waals surface area contributed by atoms with Crippen LogP contribution in [0.4, 0.5) is 43.4 Å². The molecule has 428 valence electrons. The number of carbonyl (C=O) groups excluding carboxylic acids is 4. The third-order valence-electron chi connectivity index (χ3n) is 12.5. The number of halogens is 6. The van der Waals surface area contributed by atoms with Crippen molar-refractivity contribution in [3.63, 3.8) is 0 Å². The summed E-state index contributed by atoms with van der Waals surface area (Å²) in [4.78, 5) is 101. The van der Waals surface area contributed by atoms with E-state index in [-0.39, 0.29) is 47.0 Å². The van der Waals surface area contributed by atoms with Gasteiger partial charge in [-0.15, -0.1) is 0 Å². The van der Waals surface area contributed by atoms with Crippen molar-refractivity contribution in [2.24, 2.45) is 0 Å². The lowest BCUT2D eigenvalue weighted by molar-refractivity contribution is -0.288. The Kier molecular flexibility index (Phi) is 16.5. The number of carbonyl (C=O) groups is 8. The van der Waals surface area contributed by atoms with E-state index in [2.05, 4.69) is 16.0 Å². The number of hydrogen-bond acceptors (Lipinski definition) is 12. The predicted octanol–water partition coefficient (Wildman–Crippen LogP) is 8.98. The molecule has 0 bridgehead atoms. The molecule has 7 rings (SSSR count). The number of nitrogens with one attached hydrogen (secondary N) is 4. The molecule has 0 fully saturated rings. The number of sulfone groups is 2. The van der Waals surface area contributed by atoms with Gasteiger partial charge in [-0.05, 0) is 127 Å². The summed E-state index contributed by atoms with van der Waals surface area (Å²) in [5, 5.41) is 47.9. The van der Waals surface area contributed by atoms with Gasteiger partial charge in [0.2, 0.25) is 25.1 Å². The average molecular weight is 1190 g/mol. The third-order valence-corrected chi connectivity index (χ3v) is 16.0. The number of carboxylic acid groups (broad SMARTS) is 4. The summed E-state index contributed by atoms with van der Waals surface area (Å²) in [5.74, 6) is -13.2. The Morgan fingerprint density at radius 3 is 0.988 bits per heavy atom. The summed E-state index contributed by atoms with van der Waals surface area (Å²) in [5.41, 5.74) is -17.7. The van der Waals surface area contributed by atoms with E-state index in [0.29, 0.717) is 17.7 Å². The SMILES string of the molecule is CNC(=O)c1cc(C(=O)Nc2cccc(S(=O)(=O)c3cccc(NC(=O)c4cc(C(c5ccc(C(=O)O)c(C(=O)Nc6cccc(S(=O)(=O)c7cccc(C)c7)c6)c5)(C(F)(F)F)C(F)(F)F)ccc4C(=O)O)c3)c2)c(C(=O)O)cc1C(=O)O. The van der Waals surface area contributed by atoms with Gasteiger partial charge < -0.3 is 41.7 Å². The zero-order valence-corrected chi connectivity index (χ0v) is 43.8. The van der Waals surface area contributed by atoms with E-state index >= 15 is 26.3 Å². The molecular weight excluding hydrogens is 1150 g/mol. The van der Waals surface area contributed by atoms with Crippen molar-refractivity contribution >= 4 is 84.2 Å². The van der Waals surface area contributed by atoms with Crippen molar-refractivity contribution in [3.05, 3.63) is 207 Å². The molecule has 0 aliphatic carbocycles. The first-order valence-electron chi connectivity index (χ1n) is 23.3. The lowest BCUT2D eigenvalue weighted by Crippen LogP contribution is -2.55. The van der Waals surface area contributed by atoms with Crippen molar-refractivity contribution in [3.8, 4) is 0 Å². The van der Waals surface area contributed by atoms with Gasteiger partial charge in [-0.1, -0.05) is 42.5 Å². The summed E-state index contributed by atoms with van der Waals surface area (Å²) in [6.07, 6.45) is -13.0. The molecule has 4 amide bonds. The fourth-order valence-electron chi connectivity index (χ4n) is 8.62. The van der Waals surface area contributed by atoms with Gasteiger partial charge in [0.05, 0.1) is 64.1 Å². The standard InChI is InChI=1S/C55H38F6N4O16S2/c1-27-7-3-11-33(19-27)82(78,79)34-12-4-8-30(22-34)63-46(67)39-20-28(15-17-37(39)49(70)71)53(54(56,57)58,55(59,60)61)29-16-18-38(50(72)73)40(21-29)47(68)64-31-9-5-13-35(23-31)83(80,81)36-14-6-10-32(24-36)65-48(69)42-25-41(45(66)62-2)43(51(74)75)26-44(42)52(76)77/h3-26H,1-2H3,(H,62,66)(H,63,67)(H,64,68)(H,65,69)(H,70,71)(H,72,73)(H,74,75)(H,76,77). The molecule has 7 aromatic carbocycles. The summed E-state index contributed by atoms with van der Waals surface area (Å²) >= 11 is 0. The van der Waals surface area contributed by atoms with E-state index in [9.17, 15) is 75.6 Å². The smallest absolute Gasteiger partial charge is 0.411 e. The van der Waals surface area contributed by atoms with Crippen molar-refractivity contribution in [1.82, 2.24) is 5.32 Å². The van der Waals surface area contributed by atoms with Gasteiger partial charge in [-0.25, -0.2) is 36.0 Å². The van der Waals surface area contributed by atoms with Gasteiger partial charge in [0.15, 0.2) is 0 Å². The first kappa shape index (κ1) is 60.4. The highest BCUT2D eigenvalue weighted by atomic mass is 32.2. The minimum atomic E-state index is -6.52. The van der Waals surface area contributed by atoms with Crippen LogP contribution in [-0.4, -0.2) is 104 Å². The predicted molar refractivity (Wildman–Crippen MR) is 279 cm³/mol. The van der Waals surface area contributed by atoms with Crippen molar-refractivity contribution in [2.75, 3.05) is 23.0 Å². The van der Waals surface area contributed by atoms with Gasteiger partial charge in [0, 0.05) is 24.1 Å². The second-order valence-electron chi connectivity index (χ2n) is 17.8. The van der Waals surface area contributed by atoms with Gasteiger partial charge in [-0.3, -0.25) is 19.2 Å². The summed E-state index contributed by atoms with van der Waals surface area (Å²) in [6, 6.07) is 19.5. The molecular formula is C55H38F6N4O16S2. The molecule has 0 saturated carbocycles. The number of alkyl halides is 6. The molecule has 0 radical (unpaired) electrons. The normalized spacial score (nSPS) is 11.9. The number of carboxylic acids is 4. The fourth-order valence-corrected chi connectivity index (χ4v) is 11.4. The molecule has 20 nitrogen and oxygen atoms in total. The van der Waals surface area contributed by atoms with Crippen LogP contribution in [0.1, 0.15) is 99.6 Å². The Hall–Kier alpha value is -10.2. The van der Waals surface area contributed by atoms with Gasteiger partial charge in [-0.2, -0.15) is 26.3 Å². The zero-order valence-electron chi connectivity index (χ0n) is 42.1. The average Bonchev–Trinajstić information content (AvgIpc) is 1.31. The number of anilines is 3. The third kappa shape index (κ3) is 11.8. The lowest BCUT2D eigenvalue weighted by Gasteiger charge is -2.38. The maximum absolute atomic E-state index is 15.7. The van der Waals surface area contributed by atoms with E-state index < -0.39 is 167 Å². The number of amides is 4. The first-order chi connectivity index (χ1) is 38.7. The van der Waals surface area contributed by atoms with Gasteiger partial charge in [0.25, 0.3) is 23.6 Å². The van der Waals surface area contributed by atoms with Crippen molar-refractivity contribution < 1.29 is 102 Å². The van der Waals surface area contributed by atoms with Crippen molar-refractivity contribution in [1.29, 1.82) is 0 Å². The Morgan fingerprint density at radius 1 is 0.373 bits per heavy atom. The van der Waals surface area contributed by atoms with E-state index in [4.69, 9.17) is 0 Å². The van der Waals surface area contributed by atoms with E-state index in [1.54, 1.807) is 13.0 Å². The molecule has 0 unspecified atom stereocenters. The molecule has 0 aliphatic rings. The molecule has 0 saturated heterocycles. The van der Waals surface area contributed by atoms with Crippen LogP contribution in [0.2, 0.25) is 0 Å². The highest BCUT2D eigenvalue weighted by Crippen LogP contribution is 2.57. The van der Waals surface area contributed by atoms with Crippen molar-refractivity contribution in [2.45, 2.75) is 44.3 Å². The quantitative estimate of drug-likeness (QED) is 0.0394. The van der Waals surface area contributed by atoms with Crippen LogP contribution in [0.5, 0.6) is 0 Å². The highest BCUT2D eigenvalue weighted by molar-refractivity contribution is 7.91. The lowest BCUT2D eigenvalue weighted by atomic mass is 9.71. The van der Waals surface area contributed by atoms with Crippen LogP contribution >= 0.6 is 0 Å². The molecule has 28 heteroatoms. The Labute approximate surface area is 463 Å². The first-order valence-corrected chi connectivity index (χ1v) is 26.3. The summed E-state index contributed by atoms with van der Waals surface area (Å²) in [6.45, 7) is 1.60. The molecule has 7 aromatic rings. The molecule has 0 spiro atoms. The van der Waals surface area contributed by atoms with Crippen LogP contribution in [0.25, 0.3) is 0 Å². The largest absolute Gasteiger partial charge is 0.478 e. The van der Waals surface area contributed by atoms with Crippen LogP contribution in [0.3, 0.4) is 0 Å². The molecule has 0 aliphatic heterocycles. The number of aromatic carboxylic acids is 4. The number of aryl methyl sites for hydroxylation is 1. The number of hydrogen-bond donors (Lipinski definition) is 8. The van der Waals surface area contributed by atoms with Crippen LogP contribution in [0.15, 0.2) is 165 Å². The minimum Gasteiger partial charge on any atom is -0.478 e. The highest BCUT2D eigenvalue weighted by Gasteiger charge is 2.72. The molecule has 8 N–H and O–H groups in total. The maximum Gasteiger partial charge on any atom is 0.411 e.